The van der Waals surface area contributed by atoms with Crippen molar-refractivity contribution in [3.8, 4) is 0 Å². The molecule has 0 saturated heterocycles. The molecule has 0 amide bonds. The molecule has 2 N–H and O–H groups in total. The summed E-state index contributed by atoms with van der Waals surface area (Å²) >= 11 is 0. The molecule has 0 aliphatic rings. The van der Waals surface area contributed by atoms with Crippen LogP contribution in [-0.4, -0.2) is 0 Å². The van der Waals surface area contributed by atoms with Crippen molar-refractivity contribution in [3.05, 3.63) is 83.3 Å². The van der Waals surface area contributed by atoms with Crippen LogP contribution >= 0.6 is 0 Å². The first-order chi connectivity index (χ1) is 7.79. The summed E-state index contributed by atoms with van der Waals surface area (Å²) in [6.07, 6.45) is 0. The van der Waals surface area contributed by atoms with Crippen LogP contribution in [0, 0.1) is 0 Å². The van der Waals surface area contributed by atoms with Crippen LogP contribution in [0.5, 0.6) is 0 Å². The molecule has 0 aromatic heterocycles. The van der Waals surface area contributed by atoms with Gasteiger partial charge in [0, 0.05) is 65.4 Å². The monoisotopic (exact) mass is 388 g/mol. The van der Waals surface area contributed by atoms with Gasteiger partial charge in [-0.25, -0.2) is 0 Å². The van der Waals surface area contributed by atoms with Crippen molar-refractivity contribution in [2.45, 2.75) is 12.1 Å². The molecule has 2 nitrogen and oxygen atoms in total. The number of hydrogen-bond acceptors (Lipinski definition) is 0. The molecule has 0 aliphatic carbocycles. The maximum absolute atomic E-state index is 8.07. The largest absolute Gasteiger partial charge is 0.672 e. The Hall–Kier alpha value is 0.568. The standard InChI is InChI=1S/C14H14N2.2Y/c15-13(11-7-3-1-4-8-11)14(16)12-9-5-2-6-10-12;;/h1-10,13-16H;;/q-2;;/t13-,14-;;/m1../s1. The van der Waals surface area contributed by atoms with Crippen LogP contribution in [-0.2, 0) is 65.4 Å². The van der Waals surface area contributed by atoms with Gasteiger partial charge in [-0.1, -0.05) is 71.8 Å². The quantitative estimate of drug-likeness (QED) is 0.740. The van der Waals surface area contributed by atoms with Gasteiger partial charge >= 0.3 is 0 Å². The zero-order chi connectivity index (χ0) is 11.4. The zero-order valence-corrected chi connectivity index (χ0v) is 15.8. The van der Waals surface area contributed by atoms with E-state index >= 15 is 0 Å². The minimum atomic E-state index is -0.524. The fourth-order valence-electron chi connectivity index (χ4n) is 1.71. The Balaban J connectivity index is 0.00000144. The normalized spacial score (nSPS) is 12.8. The van der Waals surface area contributed by atoms with E-state index in [9.17, 15) is 0 Å². The van der Waals surface area contributed by atoms with Crippen molar-refractivity contribution in [2.24, 2.45) is 0 Å². The summed E-state index contributed by atoms with van der Waals surface area (Å²) in [4.78, 5) is 0. The van der Waals surface area contributed by atoms with Gasteiger partial charge in [0.15, 0.2) is 0 Å². The molecule has 0 bridgehead atoms. The number of nitrogens with one attached hydrogen (secondary N) is 2. The zero-order valence-electron chi connectivity index (χ0n) is 10.1. The third-order valence-electron chi connectivity index (χ3n) is 2.65. The first-order valence-corrected chi connectivity index (χ1v) is 5.31. The van der Waals surface area contributed by atoms with Gasteiger partial charge in [-0.3, -0.25) is 0 Å². The average molecular weight is 388 g/mol. The van der Waals surface area contributed by atoms with E-state index in [0.29, 0.717) is 0 Å². The maximum Gasteiger partial charge on any atom is 0 e. The predicted octanol–water partition coefficient (Wildman–Crippen LogP) is 4.57. The van der Waals surface area contributed by atoms with Crippen LogP contribution in [0.4, 0.5) is 0 Å². The molecular formula is C14H14N2Y2-2. The van der Waals surface area contributed by atoms with E-state index in [0.717, 1.165) is 11.1 Å². The van der Waals surface area contributed by atoms with E-state index in [1.165, 1.54) is 0 Å². The fraction of sp³-hybridized carbons (Fsp3) is 0.143. The average Bonchev–Trinajstić information content (AvgIpc) is 2.39. The molecule has 0 saturated carbocycles. The van der Waals surface area contributed by atoms with Gasteiger partial charge in [0.2, 0.25) is 0 Å². The Morgan fingerprint density at radius 1 is 0.556 bits per heavy atom. The van der Waals surface area contributed by atoms with Gasteiger partial charge in [-0.05, 0) is 0 Å². The minimum Gasteiger partial charge on any atom is -0.672 e. The van der Waals surface area contributed by atoms with Crippen molar-refractivity contribution in [1.29, 1.82) is 0 Å². The Morgan fingerprint density at radius 2 is 0.833 bits per heavy atom. The molecule has 0 spiro atoms. The molecule has 2 radical (unpaired) electrons. The molecule has 0 heterocycles. The Morgan fingerprint density at radius 3 is 1.11 bits per heavy atom. The summed E-state index contributed by atoms with van der Waals surface area (Å²) in [5.74, 6) is 0. The summed E-state index contributed by atoms with van der Waals surface area (Å²) < 4.78 is 0. The van der Waals surface area contributed by atoms with Crippen molar-refractivity contribution in [1.82, 2.24) is 0 Å². The molecule has 4 heteroatoms. The Labute approximate surface area is 159 Å². The van der Waals surface area contributed by atoms with Gasteiger partial charge in [-0.15, -0.1) is 12.1 Å². The van der Waals surface area contributed by atoms with E-state index < -0.39 is 12.1 Å². The van der Waals surface area contributed by atoms with Crippen LogP contribution in [0.1, 0.15) is 23.2 Å². The van der Waals surface area contributed by atoms with Crippen LogP contribution in [0.2, 0.25) is 0 Å². The SMILES string of the molecule is [NH-][C@H](c1ccccc1)[C@H]([NH-])c1ccccc1.[Y].[Y]. The van der Waals surface area contributed by atoms with Crippen molar-refractivity contribution < 1.29 is 65.4 Å². The molecule has 0 aliphatic heterocycles. The maximum atomic E-state index is 8.07. The number of hydrogen-bond donors (Lipinski definition) is 0. The smallest absolute Gasteiger partial charge is 0 e. The van der Waals surface area contributed by atoms with Crippen molar-refractivity contribution in [3.63, 3.8) is 0 Å². The van der Waals surface area contributed by atoms with Gasteiger partial charge in [0.1, 0.15) is 0 Å². The van der Waals surface area contributed by atoms with Gasteiger partial charge < -0.3 is 11.5 Å². The molecule has 0 fully saturated rings. The number of rotatable bonds is 3. The van der Waals surface area contributed by atoms with Gasteiger partial charge in [0.25, 0.3) is 0 Å². The molecule has 0 unspecified atom stereocenters. The van der Waals surface area contributed by atoms with Crippen molar-refractivity contribution in [2.75, 3.05) is 0 Å². The molecule has 2 atom stereocenters. The first kappa shape index (κ1) is 18.6. The number of benzene rings is 2. The van der Waals surface area contributed by atoms with E-state index in [2.05, 4.69) is 0 Å². The molecule has 2 aromatic carbocycles. The summed E-state index contributed by atoms with van der Waals surface area (Å²) in [6, 6.07) is 18.1. The molecular weight excluding hydrogens is 374 g/mol. The van der Waals surface area contributed by atoms with Crippen LogP contribution in [0.15, 0.2) is 60.7 Å². The molecule has 88 valence electrons. The summed E-state index contributed by atoms with van der Waals surface area (Å²) in [7, 11) is 0. The van der Waals surface area contributed by atoms with Gasteiger partial charge in [-0.2, -0.15) is 0 Å². The topological polar surface area (TPSA) is 47.6 Å². The Kier molecular flexibility index (Phi) is 9.77. The van der Waals surface area contributed by atoms with Gasteiger partial charge in [0.05, 0.1) is 0 Å². The van der Waals surface area contributed by atoms with Crippen LogP contribution in [0.25, 0.3) is 11.5 Å². The second kappa shape index (κ2) is 9.47. The third-order valence-corrected chi connectivity index (χ3v) is 2.65. The predicted molar refractivity (Wildman–Crippen MR) is 67.0 cm³/mol. The second-order valence-electron chi connectivity index (χ2n) is 3.78. The molecule has 2 aromatic rings. The minimum absolute atomic E-state index is 0. The second-order valence-corrected chi connectivity index (χ2v) is 3.78. The fourth-order valence-corrected chi connectivity index (χ4v) is 1.71. The van der Waals surface area contributed by atoms with E-state index in [1.54, 1.807) is 0 Å². The molecule has 18 heavy (non-hydrogen) atoms. The van der Waals surface area contributed by atoms with Crippen LogP contribution in [0.3, 0.4) is 0 Å². The van der Waals surface area contributed by atoms with E-state index in [1.807, 2.05) is 60.7 Å². The summed E-state index contributed by atoms with van der Waals surface area (Å²) in [5, 5.41) is 0. The van der Waals surface area contributed by atoms with E-state index in [4.69, 9.17) is 11.5 Å². The third kappa shape index (κ3) is 4.92. The molecule has 2 rings (SSSR count). The van der Waals surface area contributed by atoms with Crippen LogP contribution < -0.4 is 0 Å². The first-order valence-electron chi connectivity index (χ1n) is 5.31. The Bertz CT molecular complexity index is 391. The van der Waals surface area contributed by atoms with E-state index in [-0.39, 0.29) is 65.4 Å². The summed E-state index contributed by atoms with van der Waals surface area (Å²) in [5.41, 5.74) is 17.9. The summed E-state index contributed by atoms with van der Waals surface area (Å²) in [6.45, 7) is 0. The van der Waals surface area contributed by atoms with Crippen molar-refractivity contribution >= 4 is 0 Å².